The van der Waals surface area contributed by atoms with Gasteiger partial charge in [-0.2, -0.15) is 10.4 Å². The number of methoxy groups -OCH3 is 1. The van der Waals surface area contributed by atoms with E-state index in [1.807, 2.05) is 32.0 Å². The molecule has 170 valence electrons. The molecule has 10 nitrogen and oxygen atoms in total. The molecule has 2 amide bonds. The Morgan fingerprint density at radius 1 is 1.39 bits per heavy atom. The highest BCUT2D eigenvalue weighted by atomic mass is 16.5. The van der Waals surface area contributed by atoms with Crippen LogP contribution in [0, 0.1) is 16.7 Å². The van der Waals surface area contributed by atoms with Gasteiger partial charge >= 0.3 is 0 Å². The smallest absolute Gasteiger partial charge is 0.252 e. The fourth-order valence-electron chi connectivity index (χ4n) is 4.31. The zero-order chi connectivity index (χ0) is 23.8. The van der Waals surface area contributed by atoms with Crippen LogP contribution in [0.4, 0.5) is 5.69 Å². The van der Waals surface area contributed by atoms with E-state index in [1.165, 1.54) is 13.3 Å². The molecular formula is C23H25N7O3. The Kier molecular flexibility index (Phi) is 5.74. The number of carbonyl (C=O) groups excluding carboxylic acids is 2. The maximum Gasteiger partial charge on any atom is 0.252 e. The van der Waals surface area contributed by atoms with Gasteiger partial charge in [0, 0.05) is 37.1 Å². The molecule has 1 aliphatic rings. The third-order valence-corrected chi connectivity index (χ3v) is 6.02. The molecular weight excluding hydrogens is 422 g/mol. The number of hydrogen-bond donors (Lipinski definition) is 2. The molecule has 0 radical (unpaired) electrons. The summed E-state index contributed by atoms with van der Waals surface area (Å²) in [5.41, 5.74) is 8.04. The van der Waals surface area contributed by atoms with E-state index in [2.05, 4.69) is 15.4 Å². The van der Waals surface area contributed by atoms with Crippen LogP contribution in [0.2, 0.25) is 0 Å². The third kappa shape index (κ3) is 3.99. The van der Waals surface area contributed by atoms with Crippen molar-refractivity contribution in [1.29, 1.82) is 5.26 Å². The number of nitriles is 1. The van der Waals surface area contributed by atoms with Gasteiger partial charge in [0.1, 0.15) is 6.42 Å². The Labute approximate surface area is 191 Å². The molecule has 0 aliphatic carbocycles. The predicted octanol–water partition coefficient (Wildman–Crippen LogP) is 1.75. The molecule has 1 fully saturated rings. The lowest BCUT2D eigenvalue weighted by Gasteiger charge is -2.37. The van der Waals surface area contributed by atoms with Crippen LogP contribution in [0.25, 0.3) is 16.6 Å². The lowest BCUT2D eigenvalue weighted by molar-refractivity contribution is -0.118. The Morgan fingerprint density at radius 3 is 2.82 bits per heavy atom. The number of anilines is 1. The van der Waals surface area contributed by atoms with E-state index in [9.17, 15) is 14.9 Å². The topological polar surface area (TPSA) is 139 Å². The first-order chi connectivity index (χ1) is 15.8. The van der Waals surface area contributed by atoms with Crippen molar-refractivity contribution in [2.45, 2.75) is 26.3 Å². The zero-order valence-corrected chi connectivity index (χ0v) is 18.7. The molecule has 10 heteroatoms. The van der Waals surface area contributed by atoms with Crippen molar-refractivity contribution < 1.29 is 14.3 Å². The van der Waals surface area contributed by atoms with Gasteiger partial charge in [-0.05, 0) is 23.1 Å². The van der Waals surface area contributed by atoms with Gasteiger partial charge in [0.15, 0.2) is 0 Å². The maximum atomic E-state index is 13.3. The molecule has 1 aliphatic heterocycles. The monoisotopic (exact) mass is 447 g/mol. The lowest BCUT2D eigenvalue weighted by atomic mass is 9.86. The number of aromatic nitrogens is 3. The first-order valence-electron chi connectivity index (χ1n) is 10.5. The summed E-state index contributed by atoms with van der Waals surface area (Å²) >= 11 is 0. The van der Waals surface area contributed by atoms with Crippen molar-refractivity contribution in [3.63, 3.8) is 0 Å². The number of primary amides is 1. The number of ether oxygens (including phenoxy) is 1. The molecule has 0 aromatic carbocycles. The minimum atomic E-state index is -0.702. The number of nitrogens with zero attached hydrogens (tertiary/aromatic N) is 5. The predicted molar refractivity (Wildman–Crippen MR) is 122 cm³/mol. The Morgan fingerprint density at radius 2 is 2.18 bits per heavy atom. The molecule has 1 atom stereocenters. The minimum absolute atomic E-state index is 0.119. The van der Waals surface area contributed by atoms with E-state index in [0.29, 0.717) is 30.2 Å². The Bertz CT molecular complexity index is 1270. The van der Waals surface area contributed by atoms with Crippen molar-refractivity contribution in [2.75, 3.05) is 25.1 Å². The van der Waals surface area contributed by atoms with Crippen LogP contribution >= 0.6 is 0 Å². The van der Waals surface area contributed by atoms with E-state index < -0.39 is 11.8 Å². The first kappa shape index (κ1) is 22.2. The van der Waals surface area contributed by atoms with Crippen molar-refractivity contribution >= 4 is 23.0 Å². The molecule has 3 aromatic heterocycles. The van der Waals surface area contributed by atoms with Gasteiger partial charge in [0.2, 0.25) is 11.8 Å². The van der Waals surface area contributed by atoms with Crippen molar-refractivity contribution in [1.82, 2.24) is 19.9 Å². The first-order valence-corrected chi connectivity index (χ1v) is 10.5. The summed E-state index contributed by atoms with van der Waals surface area (Å²) in [6.45, 7) is 5.29. The fourth-order valence-corrected chi connectivity index (χ4v) is 4.31. The summed E-state index contributed by atoms with van der Waals surface area (Å²) in [7, 11) is 1.54. The molecule has 0 unspecified atom stereocenters. The molecule has 3 aromatic rings. The Hall–Kier alpha value is -3.97. The van der Waals surface area contributed by atoms with Crippen molar-refractivity contribution in [2.24, 2.45) is 11.1 Å². The number of pyridine rings is 1. The second-order valence-corrected chi connectivity index (χ2v) is 8.65. The number of amides is 2. The zero-order valence-electron chi connectivity index (χ0n) is 18.7. The highest BCUT2D eigenvalue weighted by molar-refractivity contribution is 6.09. The summed E-state index contributed by atoms with van der Waals surface area (Å²) in [6, 6.07) is 7.10. The number of nitrogens with one attached hydrogen (secondary N) is 1. The fraction of sp³-hybridized carbons (Fsp3) is 0.348. The summed E-state index contributed by atoms with van der Waals surface area (Å²) in [4.78, 5) is 31.4. The van der Waals surface area contributed by atoms with E-state index in [-0.39, 0.29) is 23.4 Å². The lowest BCUT2D eigenvalue weighted by Crippen LogP contribution is -2.49. The van der Waals surface area contributed by atoms with Crippen molar-refractivity contribution in [3.05, 3.63) is 42.4 Å². The highest BCUT2D eigenvalue weighted by Gasteiger charge is 2.42. The largest absolute Gasteiger partial charge is 0.481 e. The summed E-state index contributed by atoms with van der Waals surface area (Å²) < 4.78 is 6.83. The Balaban J connectivity index is 1.97. The van der Waals surface area contributed by atoms with Crippen LogP contribution in [-0.2, 0) is 4.79 Å². The quantitative estimate of drug-likeness (QED) is 0.587. The number of hydrogen-bond acceptors (Lipinski definition) is 7. The van der Waals surface area contributed by atoms with Crippen LogP contribution < -0.4 is 20.7 Å². The van der Waals surface area contributed by atoms with Gasteiger partial charge in [-0.25, -0.2) is 9.50 Å². The van der Waals surface area contributed by atoms with E-state index in [0.717, 1.165) is 11.1 Å². The number of rotatable bonds is 6. The van der Waals surface area contributed by atoms with Gasteiger partial charge in [-0.3, -0.25) is 9.59 Å². The molecule has 4 rings (SSSR count). The molecule has 4 heterocycles. The van der Waals surface area contributed by atoms with Gasteiger partial charge in [-0.1, -0.05) is 13.8 Å². The molecule has 33 heavy (non-hydrogen) atoms. The van der Waals surface area contributed by atoms with Gasteiger partial charge in [0.25, 0.3) is 5.91 Å². The van der Waals surface area contributed by atoms with Gasteiger partial charge in [-0.15, -0.1) is 0 Å². The molecule has 1 saturated heterocycles. The SMILES string of the molecule is COc1cc(-c2cc3c(N(C(=O)CC#N)[C@@H]4CNCC4(C)C)c(C(N)=O)cnn3c2)ccn1. The maximum absolute atomic E-state index is 13.3. The highest BCUT2D eigenvalue weighted by Crippen LogP contribution is 2.38. The van der Waals surface area contributed by atoms with Gasteiger partial charge < -0.3 is 20.7 Å². The molecule has 0 bridgehead atoms. The number of nitrogens with two attached hydrogens (primary N) is 1. The van der Waals surface area contributed by atoms with Crippen LogP contribution in [0.15, 0.2) is 36.8 Å². The van der Waals surface area contributed by atoms with Crippen LogP contribution in [0.3, 0.4) is 0 Å². The average Bonchev–Trinajstić information content (AvgIpc) is 3.37. The normalized spacial score (nSPS) is 17.0. The second kappa shape index (κ2) is 8.52. The molecule has 3 N–H and O–H groups in total. The van der Waals surface area contributed by atoms with Gasteiger partial charge in [0.05, 0.1) is 42.2 Å². The van der Waals surface area contributed by atoms with E-state index >= 15 is 0 Å². The van der Waals surface area contributed by atoms with Crippen LogP contribution in [0.5, 0.6) is 5.88 Å². The van der Waals surface area contributed by atoms with Crippen LogP contribution in [-0.4, -0.2) is 52.7 Å². The second-order valence-electron chi connectivity index (χ2n) is 8.65. The third-order valence-electron chi connectivity index (χ3n) is 6.02. The molecule has 0 saturated carbocycles. The average molecular weight is 447 g/mol. The summed E-state index contributed by atoms with van der Waals surface area (Å²) in [5, 5.41) is 16.9. The minimum Gasteiger partial charge on any atom is -0.481 e. The standard InChI is InChI=1S/C23H25N7O3/c1-23(2)13-26-11-18(23)30(20(31)4-6-24)21-16(22(25)32)10-28-29-12-15(8-17(21)29)14-5-7-27-19(9-14)33-3/h5,7-10,12,18,26H,4,11,13H2,1-3H3,(H2,25,32)/t18-/m1/s1. The summed E-state index contributed by atoms with van der Waals surface area (Å²) in [6.07, 6.45) is 4.47. The number of carbonyl (C=O) groups is 2. The van der Waals surface area contributed by atoms with Crippen LogP contribution in [0.1, 0.15) is 30.6 Å². The van der Waals surface area contributed by atoms with Crippen molar-refractivity contribution in [3.8, 4) is 23.1 Å². The van der Waals surface area contributed by atoms with E-state index in [4.69, 9.17) is 10.5 Å². The molecule has 0 spiro atoms. The van der Waals surface area contributed by atoms with E-state index in [1.54, 1.807) is 27.9 Å². The summed E-state index contributed by atoms with van der Waals surface area (Å²) in [5.74, 6) is -0.645. The number of fused-ring (bicyclic) bond motifs is 1.